The number of H-pyrrole nitrogens is 1. The third-order valence-corrected chi connectivity index (χ3v) is 8.65. The van der Waals surface area contributed by atoms with Crippen molar-refractivity contribution in [3.05, 3.63) is 138 Å². The van der Waals surface area contributed by atoms with Gasteiger partial charge in [-0.25, -0.2) is 9.55 Å². The van der Waals surface area contributed by atoms with E-state index < -0.39 is 0 Å². The number of hydrogen-bond acceptors (Lipinski definition) is 0. The number of nitrogens with one attached hydrogen (secondary N) is 1. The Morgan fingerprint density at radius 1 is 0.619 bits per heavy atom. The number of rotatable bonds is 4. The van der Waals surface area contributed by atoms with Crippen molar-refractivity contribution < 1.29 is 33.5 Å². The predicted molar refractivity (Wildman–Crippen MR) is 172 cm³/mol. The number of fused-ring (bicyclic) bond motifs is 6. The van der Waals surface area contributed by atoms with Crippen LogP contribution >= 0.6 is 0 Å². The van der Waals surface area contributed by atoms with E-state index in [4.69, 9.17) is 0 Å². The molecule has 0 aliphatic carbocycles. The molecule has 0 saturated heterocycles. The maximum absolute atomic E-state index is 3.54. The van der Waals surface area contributed by atoms with E-state index in [-0.39, 0.29) is 24.0 Å². The molecule has 0 aliphatic heterocycles. The number of hydrogen-bond donors (Lipinski definition) is 0. The van der Waals surface area contributed by atoms with Gasteiger partial charge in [0.2, 0.25) is 11.2 Å². The topological polar surface area (TPSA) is 18.0 Å². The van der Waals surface area contributed by atoms with Crippen molar-refractivity contribution in [2.45, 2.75) is 13.3 Å². The number of aromatic nitrogens is 2. The zero-order valence-electron chi connectivity index (χ0n) is 23.7. The van der Waals surface area contributed by atoms with Gasteiger partial charge in [-0.1, -0.05) is 91.0 Å². The van der Waals surface area contributed by atoms with Crippen molar-refractivity contribution in [1.29, 1.82) is 0 Å². The highest BCUT2D eigenvalue weighted by Crippen LogP contribution is 2.44. The van der Waals surface area contributed by atoms with Crippen LogP contribution in [0.15, 0.2) is 121 Å². The van der Waals surface area contributed by atoms with Gasteiger partial charge < -0.3 is 24.0 Å². The first-order chi connectivity index (χ1) is 20.2. The van der Waals surface area contributed by atoms with E-state index in [1.807, 2.05) is 0 Å². The smallest absolute Gasteiger partial charge is 0.222 e. The van der Waals surface area contributed by atoms with Gasteiger partial charge in [-0.15, -0.1) is 0 Å². The molecule has 8 rings (SSSR count). The Bertz CT molecular complexity index is 2320. The normalized spacial score (nSPS) is 11.9. The summed E-state index contributed by atoms with van der Waals surface area (Å²) in [6, 6.07) is 39.8. The summed E-state index contributed by atoms with van der Waals surface area (Å²) in [6.45, 7) is 2.10. The van der Waals surface area contributed by atoms with Crippen LogP contribution in [0, 0.1) is 6.92 Å². The maximum Gasteiger partial charge on any atom is 0.222 e. The third kappa shape index (κ3) is 4.06. The number of aryl methyl sites for hydroxylation is 2. The van der Waals surface area contributed by atoms with Gasteiger partial charge in [0.25, 0.3) is 0 Å². The molecule has 0 radical (unpaired) electrons. The van der Waals surface area contributed by atoms with E-state index >= 15 is 0 Å². The summed E-state index contributed by atoms with van der Waals surface area (Å²) in [5, 5.41) is 11.9. The number of allylic oxidation sites excluding steroid dienone is 1. The minimum Gasteiger partial charge on any atom is -1.00 e. The standard InChI is InChI=1S/C39H29N2.HI/c1-25-11-7-22-35(40-25)28-16-4-3-12-26(28)13-8-14-27-15-9-19-32-33-21-10-20-31-29-17-5-6-18-30(29)34-23-24-41(2)39(36(27)32)38(34)37(31)33;/h3-12,14-24H,13H2,1-2H3;1H/q+1;/b14-8+;. The van der Waals surface area contributed by atoms with E-state index in [9.17, 15) is 0 Å². The van der Waals surface area contributed by atoms with Crippen LogP contribution in [0.5, 0.6) is 0 Å². The van der Waals surface area contributed by atoms with E-state index in [0.29, 0.717) is 0 Å². The molecule has 0 aliphatic rings. The Kier molecular flexibility index (Phi) is 6.63. The summed E-state index contributed by atoms with van der Waals surface area (Å²) >= 11 is 0. The molecule has 0 spiro atoms. The molecule has 2 nitrogen and oxygen atoms in total. The SMILES string of the molecule is Cc1cccc(-c2ccccc2C/C=C/c2cccc3c4cccc5c6ccccc6c6cc[n+](C)c(c23)c6c54)[nH+]1.[I-]. The van der Waals surface area contributed by atoms with E-state index in [1.165, 1.54) is 70.7 Å². The Balaban J connectivity index is 0.00000288. The van der Waals surface area contributed by atoms with E-state index in [1.54, 1.807) is 0 Å². The first-order valence-corrected chi connectivity index (χ1v) is 14.3. The van der Waals surface area contributed by atoms with Crippen LogP contribution in [0.25, 0.3) is 71.3 Å². The minimum atomic E-state index is 0. The second-order valence-electron chi connectivity index (χ2n) is 11.1. The van der Waals surface area contributed by atoms with Gasteiger partial charge in [-0.05, 0) is 56.6 Å². The molecular formula is C39H30IN2+. The molecule has 2 aromatic heterocycles. The average molecular weight is 654 g/mol. The molecule has 0 saturated carbocycles. The molecule has 42 heavy (non-hydrogen) atoms. The zero-order chi connectivity index (χ0) is 27.5. The Hall–Kier alpha value is -4.35. The lowest BCUT2D eigenvalue weighted by Gasteiger charge is -2.16. The monoisotopic (exact) mass is 653 g/mol. The Morgan fingerprint density at radius 2 is 1.24 bits per heavy atom. The third-order valence-electron chi connectivity index (χ3n) is 8.65. The van der Waals surface area contributed by atoms with Crippen molar-refractivity contribution in [1.82, 2.24) is 0 Å². The molecular weight excluding hydrogens is 623 g/mol. The van der Waals surface area contributed by atoms with Gasteiger partial charge in [0.1, 0.15) is 7.05 Å². The fraction of sp³-hybridized carbons (Fsp3) is 0.0769. The summed E-state index contributed by atoms with van der Waals surface area (Å²) in [7, 11) is 2.18. The summed E-state index contributed by atoms with van der Waals surface area (Å²) < 4.78 is 2.31. The van der Waals surface area contributed by atoms with Crippen LogP contribution in [0.4, 0.5) is 0 Å². The maximum atomic E-state index is 3.54. The molecule has 202 valence electrons. The number of benzene rings is 6. The first kappa shape index (κ1) is 26.5. The summed E-state index contributed by atoms with van der Waals surface area (Å²) in [4.78, 5) is 3.54. The van der Waals surface area contributed by atoms with Crippen LogP contribution in [0.3, 0.4) is 0 Å². The predicted octanol–water partition coefficient (Wildman–Crippen LogP) is 5.76. The molecule has 3 heteroatoms. The largest absolute Gasteiger partial charge is 1.00 e. The van der Waals surface area contributed by atoms with Crippen LogP contribution in [0.2, 0.25) is 0 Å². The van der Waals surface area contributed by atoms with Gasteiger partial charge in [-0.3, -0.25) is 0 Å². The lowest BCUT2D eigenvalue weighted by atomic mass is 9.87. The van der Waals surface area contributed by atoms with Gasteiger partial charge in [-0.2, -0.15) is 0 Å². The average Bonchev–Trinajstić information content (AvgIpc) is 3.01. The van der Waals surface area contributed by atoms with Gasteiger partial charge in [0.15, 0.2) is 11.9 Å². The minimum absolute atomic E-state index is 0. The molecule has 0 atom stereocenters. The van der Waals surface area contributed by atoms with Gasteiger partial charge in [0, 0.05) is 41.5 Å². The van der Waals surface area contributed by atoms with Crippen molar-refractivity contribution >= 4 is 60.1 Å². The zero-order valence-corrected chi connectivity index (χ0v) is 25.8. The fourth-order valence-corrected chi connectivity index (χ4v) is 6.86. The lowest BCUT2D eigenvalue weighted by molar-refractivity contribution is -0.643. The molecule has 6 aromatic carbocycles. The molecule has 0 amide bonds. The number of halogens is 1. The van der Waals surface area contributed by atoms with Crippen molar-refractivity contribution in [2.75, 3.05) is 0 Å². The molecule has 8 aromatic rings. The van der Waals surface area contributed by atoms with Crippen molar-refractivity contribution in [3.8, 4) is 11.3 Å². The highest BCUT2D eigenvalue weighted by Gasteiger charge is 2.23. The van der Waals surface area contributed by atoms with E-state index in [0.717, 1.165) is 17.8 Å². The second kappa shape index (κ2) is 10.5. The Labute approximate surface area is 262 Å². The molecule has 0 bridgehead atoms. The molecule has 1 N–H and O–H groups in total. The fourth-order valence-electron chi connectivity index (χ4n) is 6.86. The van der Waals surface area contributed by atoms with Crippen LogP contribution < -0.4 is 33.5 Å². The highest BCUT2D eigenvalue weighted by atomic mass is 127. The van der Waals surface area contributed by atoms with E-state index in [2.05, 4.69) is 151 Å². The van der Waals surface area contributed by atoms with Gasteiger partial charge >= 0.3 is 0 Å². The van der Waals surface area contributed by atoms with Crippen LogP contribution in [0.1, 0.15) is 16.8 Å². The number of nitrogens with zero attached hydrogens (tertiary/aromatic N) is 1. The second-order valence-corrected chi connectivity index (χ2v) is 11.1. The number of pyridine rings is 2. The molecule has 2 heterocycles. The quantitative estimate of drug-likeness (QED) is 0.0996. The van der Waals surface area contributed by atoms with Gasteiger partial charge in [0.05, 0.1) is 10.8 Å². The lowest BCUT2D eigenvalue weighted by Crippen LogP contribution is -3.00. The van der Waals surface area contributed by atoms with Crippen molar-refractivity contribution in [2.24, 2.45) is 7.05 Å². The Morgan fingerprint density at radius 3 is 2.02 bits per heavy atom. The van der Waals surface area contributed by atoms with Crippen LogP contribution in [-0.2, 0) is 13.5 Å². The summed E-state index contributed by atoms with van der Waals surface area (Å²) in [5.74, 6) is 0. The summed E-state index contributed by atoms with van der Waals surface area (Å²) in [5.41, 5.74) is 7.42. The van der Waals surface area contributed by atoms with Crippen molar-refractivity contribution in [3.63, 3.8) is 0 Å². The van der Waals surface area contributed by atoms with Crippen LogP contribution in [-0.4, -0.2) is 0 Å². The number of aromatic amines is 1. The first-order valence-electron chi connectivity index (χ1n) is 14.3. The highest BCUT2D eigenvalue weighted by molar-refractivity contribution is 6.39. The molecule has 0 unspecified atom stereocenters. The summed E-state index contributed by atoms with van der Waals surface area (Å²) in [6.07, 6.45) is 7.72. The molecule has 0 fully saturated rings.